The van der Waals surface area contributed by atoms with Crippen LogP contribution in [0, 0.1) is 6.92 Å². The number of nitrogens with zero attached hydrogens (tertiary/aromatic N) is 2. The zero-order chi connectivity index (χ0) is 22.2. The zero-order valence-electron chi connectivity index (χ0n) is 17.4. The molecule has 0 bridgehead atoms. The summed E-state index contributed by atoms with van der Waals surface area (Å²) in [4.78, 5) is 32.5. The van der Waals surface area contributed by atoms with Gasteiger partial charge in [0.25, 0.3) is 5.91 Å². The predicted octanol–water partition coefficient (Wildman–Crippen LogP) is 4.91. The van der Waals surface area contributed by atoms with E-state index in [1.807, 2.05) is 55.5 Å². The third-order valence-corrected chi connectivity index (χ3v) is 5.74. The van der Waals surface area contributed by atoms with Crippen molar-refractivity contribution in [3.05, 3.63) is 113 Å². The Morgan fingerprint density at radius 3 is 2.56 bits per heavy atom. The summed E-state index contributed by atoms with van der Waals surface area (Å²) in [5, 5.41) is 11.6. The van der Waals surface area contributed by atoms with Crippen molar-refractivity contribution in [2.24, 2.45) is 0 Å². The van der Waals surface area contributed by atoms with Crippen molar-refractivity contribution >= 4 is 22.7 Å². The molecular formula is C26H20N2O4. The molecule has 1 atom stereocenters. The van der Waals surface area contributed by atoms with Gasteiger partial charge in [0.05, 0.1) is 23.9 Å². The molecular weight excluding hydrogens is 404 g/mol. The van der Waals surface area contributed by atoms with E-state index >= 15 is 0 Å². The highest BCUT2D eigenvalue weighted by molar-refractivity contribution is 6.16. The van der Waals surface area contributed by atoms with Crippen molar-refractivity contribution in [2.75, 3.05) is 0 Å². The molecule has 1 N–H and O–H groups in total. The Morgan fingerprint density at radius 1 is 1.06 bits per heavy atom. The molecule has 32 heavy (non-hydrogen) atoms. The summed E-state index contributed by atoms with van der Waals surface area (Å²) in [7, 11) is 0. The first-order valence-electron chi connectivity index (χ1n) is 10.3. The van der Waals surface area contributed by atoms with Crippen molar-refractivity contribution in [3.63, 3.8) is 0 Å². The van der Waals surface area contributed by atoms with Crippen LogP contribution in [0.25, 0.3) is 11.0 Å². The average molecular weight is 424 g/mol. The molecule has 0 fully saturated rings. The van der Waals surface area contributed by atoms with Gasteiger partial charge in [0.2, 0.25) is 5.78 Å². The van der Waals surface area contributed by atoms with E-state index in [9.17, 15) is 14.7 Å². The summed E-state index contributed by atoms with van der Waals surface area (Å²) >= 11 is 0. The van der Waals surface area contributed by atoms with E-state index in [-0.39, 0.29) is 17.9 Å². The Morgan fingerprint density at radius 2 is 1.81 bits per heavy atom. The highest BCUT2D eigenvalue weighted by Gasteiger charge is 2.45. The van der Waals surface area contributed by atoms with E-state index in [0.717, 1.165) is 16.5 Å². The maximum atomic E-state index is 13.6. The van der Waals surface area contributed by atoms with Crippen LogP contribution in [0.1, 0.15) is 33.4 Å². The number of Topliss-reactive ketones (excluding diaryl/α,β-unsaturated/α-hetero) is 1. The Balaban J connectivity index is 1.62. The van der Waals surface area contributed by atoms with Crippen LogP contribution in [0.4, 0.5) is 0 Å². The summed E-state index contributed by atoms with van der Waals surface area (Å²) < 4.78 is 5.76. The quantitative estimate of drug-likeness (QED) is 0.460. The van der Waals surface area contributed by atoms with Crippen LogP contribution in [0.5, 0.6) is 0 Å². The van der Waals surface area contributed by atoms with Gasteiger partial charge in [-0.25, -0.2) is 0 Å². The summed E-state index contributed by atoms with van der Waals surface area (Å²) in [6, 6.07) is 21.1. The number of carbonyl (C=O) groups excluding carboxylic acids is 2. The molecule has 3 heterocycles. The highest BCUT2D eigenvalue weighted by Crippen LogP contribution is 2.41. The second-order valence-corrected chi connectivity index (χ2v) is 7.75. The fourth-order valence-electron chi connectivity index (χ4n) is 4.16. The SMILES string of the molecule is Cc1ccccc1C1C(C(=O)c2cc3ccccc3o2)=C(O)C(=O)N1Cc1ccccn1. The van der Waals surface area contributed by atoms with E-state index in [2.05, 4.69) is 4.98 Å². The van der Waals surface area contributed by atoms with Gasteiger partial charge in [-0.3, -0.25) is 14.6 Å². The number of aromatic nitrogens is 1. The Bertz CT molecular complexity index is 1340. The van der Waals surface area contributed by atoms with Gasteiger partial charge in [-0.1, -0.05) is 48.5 Å². The third kappa shape index (κ3) is 3.26. The molecule has 5 rings (SSSR count). The number of ketones is 1. The first-order chi connectivity index (χ1) is 15.5. The fraction of sp³-hybridized carbons (Fsp3) is 0.115. The zero-order valence-corrected chi connectivity index (χ0v) is 17.4. The van der Waals surface area contributed by atoms with E-state index in [0.29, 0.717) is 11.3 Å². The van der Waals surface area contributed by atoms with Crippen LogP contribution in [0.2, 0.25) is 0 Å². The van der Waals surface area contributed by atoms with E-state index in [1.54, 1.807) is 30.5 Å². The van der Waals surface area contributed by atoms with Crippen LogP contribution in [0.3, 0.4) is 0 Å². The number of hydrogen-bond donors (Lipinski definition) is 1. The smallest absolute Gasteiger partial charge is 0.290 e. The molecule has 2 aromatic heterocycles. The van der Waals surface area contributed by atoms with Crippen molar-refractivity contribution < 1.29 is 19.1 Å². The molecule has 1 unspecified atom stereocenters. The number of fused-ring (bicyclic) bond motifs is 1. The van der Waals surface area contributed by atoms with Gasteiger partial charge in [0.1, 0.15) is 5.58 Å². The molecule has 0 aliphatic carbocycles. The number of para-hydroxylation sites is 1. The normalized spacial score (nSPS) is 16.2. The number of rotatable bonds is 5. The van der Waals surface area contributed by atoms with Crippen molar-refractivity contribution in [3.8, 4) is 0 Å². The topological polar surface area (TPSA) is 83.6 Å². The number of furan rings is 1. The van der Waals surface area contributed by atoms with E-state index < -0.39 is 23.5 Å². The summed E-state index contributed by atoms with van der Waals surface area (Å²) in [5.74, 6) is -1.59. The number of pyridine rings is 1. The minimum absolute atomic E-state index is 0.0132. The predicted molar refractivity (Wildman–Crippen MR) is 119 cm³/mol. The maximum absolute atomic E-state index is 13.6. The van der Waals surface area contributed by atoms with Crippen molar-refractivity contribution in [2.45, 2.75) is 19.5 Å². The van der Waals surface area contributed by atoms with Crippen LogP contribution in [-0.4, -0.2) is 26.7 Å². The Hall–Kier alpha value is -4.19. The number of aliphatic hydroxyl groups excluding tert-OH is 1. The van der Waals surface area contributed by atoms with Crippen LogP contribution in [-0.2, 0) is 11.3 Å². The molecule has 1 amide bonds. The second kappa shape index (κ2) is 7.81. The number of aryl methyl sites for hydroxylation is 1. The molecule has 2 aromatic carbocycles. The molecule has 0 radical (unpaired) electrons. The third-order valence-electron chi connectivity index (χ3n) is 5.74. The van der Waals surface area contributed by atoms with E-state index in [1.165, 1.54) is 4.90 Å². The minimum atomic E-state index is -0.758. The number of amides is 1. The lowest BCUT2D eigenvalue weighted by Gasteiger charge is -2.27. The molecule has 6 nitrogen and oxygen atoms in total. The highest BCUT2D eigenvalue weighted by atomic mass is 16.3. The summed E-state index contributed by atoms with van der Waals surface area (Å²) in [5.41, 5.74) is 2.91. The fourth-order valence-corrected chi connectivity index (χ4v) is 4.16. The Kier molecular flexibility index (Phi) is 4.82. The number of benzene rings is 2. The maximum Gasteiger partial charge on any atom is 0.290 e. The van der Waals surface area contributed by atoms with Crippen molar-refractivity contribution in [1.29, 1.82) is 0 Å². The molecule has 0 spiro atoms. The van der Waals surface area contributed by atoms with Gasteiger partial charge in [-0.05, 0) is 42.3 Å². The molecule has 6 heteroatoms. The lowest BCUT2D eigenvalue weighted by atomic mass is 9.92. The van der Waals surface area contributed by atoms with Gasteiger partial charge < -0.3 is 14.4 Å². The van der Waals surface area contributed by atoms with Gasteiger partial charge in [0.15, 0.2) is 11.5 Å². The average Bonchev–Trinajstić information content (AvgIpc) is 3.35. The first-order valence-corrected chi connectivity index (χ1v) is 10.3. The number of aliphatic hydroxyl groups is 1. The largest absolute Gasteiger partial charge is 0.503 e. The van der Waals surface area contributed by atoms with E-state index in [4.69, 9.17) is 4.42 Å². The first kappa shape index (κ1) is 19.8. The molecule has 4 aromatic rings. The minimum Gasteiger partial charge on any atom is -0.503 e. The lowest BCUT2D eigenvalue weighted by Crippen LogP contribution is -2.31. The number of hydrogen-bond acceptors (Lipinski definition) is 5. The van der Waals surface area contributed by atoms with Crippen LogP contribution < -0.4 is 0 Å². The molecule has 0 saturated carbocycles. The van der Waals surface area contributed by atoms with Crippen LogP contribution >= 0.6 is 0 Å². The standard InChI is InChI=1S/C26H20N2O4/c1-16-8-2-4-11-19(16)23-22(24(29)21-14-17-9-3-5-12-20(17)32-21)25(30)26(31)28(23)15-18-10-6-7-13-27-18/h2-14,23,30H,15H2,1H3. The van der Waals surface area contributed by atoms with Gasteiger partial charge in [0, 0.05) is 11.6 Å². The molecule has 158 valence electrons. The molecule has 1 aliphatic heterocycles. The van der Waals surface area contributed by atoms with Crippen LogP contribution in [0.15, 0.2) is 94.7 Å². The lowest BCUT2D eigenvalue weighted by molar-refractivity contribution is -0.130. The number of carbonyl (C=O) groups is 2. The van der Waals surface area contributed by atoms with Gasteiger partial charge in [-0.15, -0.1) is 0 Å². The monoisotopic (exact) mass is 424 g/mol. The summed E-state index contributed by atoms with van der Waals surface area (Å²) in [6.07, 6.45) is 1.65. The van der Waals surface area contributed by atoms with Crippen molar-refractivity contribution in [1.82, 2.24) is 9.88 Å². The van der Waals surface area contributed by atoms with Gasteiger partial charge >= 0.3 is 0 Å². The summed E-state index contributed by atoms with van der Waals surface area (Å²) in [6.45, 7) is 2.07. The molecule has 1 aliphatic rings. The Labute approximate surface area is 184 Å². The molecule has 0 saturated heterocycles. The van der Waals surface area contributed by atoms with Gasteiger partial charge in [-0.2, -0.15) is 0 Å². The second-order valence-electron chi connectivity index (χ2n) is 7.75.